The fourth-order valence-corrected chi connectivity index (χ4v) is 16.3. The molecule has 5 heterocycles. The van der Waals surface area contributed by atoms with Crippen LogP contribution in [0.2, 0.25) is 0 Å². The van der Waals surface area contributed by atoms with Crippen LogP contribution < -0.4 is 0 Å². The third-order valence-corrected chi connectivity index (χ3v) is 21.7. The Labute approximate surface area is 522 Å². The summed E-state index contributed by atoms with van der Waals surface area (Å²) >= 11 is 0. The van der Waals surface area contributed by atoms with E-state index in [1.54, 1.807) is 34.0 Å². The van der Waals surface area contributed by atoms with E-state index in [2.05, 4.69) is 6.92 Å². The van der Waals surface area contributed by atoms with E-state index in [9.17, 15) is 65.8 Å². The molecule has 1 aromatic carbocycles. The molecule has 8 fully saturated rings. The molecule has 5 saturated heterocycles. The van der Waals surface area contributed by atoms with Crippen LogP contribution in [0.15, 0.2) is 48.1 Å². The van der Waals surface area contributed by atoms with E-state index in [0.29, 0.717) is 25.7 Å². The van der Waals surface area contributed by atoms with E-state index in [1.165, 1.54) is 27.2 Å². The molecule has 11 N–H and O–H groups in total. The largest absolute Gasteiger partial charge is 0.458 e. The minimum absolute atomic E-state index is 0.0391. The predicted molar refractivity (Wildman–Crippen MR) is 308 cm³/mol. The minimum atomic E-state index is -2.08. The van der Waals surface area contributed by atoms with E-state index < -0.39 is 206 Å². The lowest BCUT2D eigenvalue weighted by Gasteiger charge is -2.67. The lowest BCUT2D eigenvalue weighted by atomic mass is 9.42. The van der Waals surface area contributed by atoms with Crippen molar-refractivity contribution < 1.29 is 132 Å². The molecule has 5 aliphatic heterocycles. The molecule has 27 heteroatoms. The number of carbonyl (C=O) groups excluding carboxylic acids is 2. The van der Waals surface area contributed by atoms with Crippen molar-refractivity contribution in [3.05, 3.63) is 53.6 Å². The van der Waals surface area contributed by atoms with Crippen molar-refractivity contribution in [1.82, 2.24) is 0 Å². The van der Waals surface area contributed by atoms with Gasteiger partial charge in [0.1, 0.15) is 102 Å². The highest BCUT2D eigenvalue weighted by Gasteiger charge is 2.81. The zero-order valence-corrected chi connectivity index (χ0v) is 52.4. The molecule has 4 aliphatic carbocycles. The van der Waals surface area contributed by atoms with E-state index in [4.69, 9.17) is 66.3 Å². The summed E-state index contributed by atoms with van der Waals surface area (Å²) in [6.07, 6.45) is -23.0. The molecule has 3 saturated carbocycles. The number of esters is 1. The Kier molecular flexibility index (Phi) is 21.3. The average Bonchev–Trinajstić information content (AvgIpc) is 1.35. The van der Waals surface area contributed by atoms with Gasteiger partial charge in [-0.05, 0) is 96.6 Å². The smallest absolute Gasteiger partial charge is 0.331 e. The topological polar surface area (TPSA) is 386 Å². The second kappa shape index (κ2) is 27.5. The Morgan fingerprint density at radius 3 is 1.79 bits per heavy atom. The quantitative estimate of drug-likeness (QED) is 0.0464. The van der Waals surface area contributed by atoms with Crippen LogP contribution in [0.25, 0.3) is 6.08 Å². The molecular weight excluding hydrogens is 1190 g/mol. The zero-order valence-electron chi connectivity index (χ0n) is 52.4. The number of aliphatic hydroxyl groups excluding tert-OH is 8. The Morgan fingerprint density at radius 1 is 0.611 bits per heavy atom. The van der Waals surface area contributed by atoms with Gasteiger partial charge in [0, 0.05) is 46.2 Å². The Morgan fingerprint density at radius 2 is 1.18 bits per heavy atom. The summed E-state index contributed by atoms with van der Waals surface area (Å²) in [4.78, 5) is 27.0. The molecule has 0 aromatic heterocycles. The monoisotopic (exact) mass is 1280 g/mol. The van der Waals surface area contributed by atoms with Gasteiger partial charge >= 0.3 is 5.97 Å². The maximum Gasteiger partial charge on any atom is 0.331 e. The van der Waals surface area contributed by atoms with E-state index >= 15 is 0 Å². The fourth-order valence-electron chi connectivity index (χ4n) is 16.3. The molecule has 27 nitrogen and oxygen atoms in total. The van der Waals surface area contributed by atoms with Crippen LogP contribution in [0.3, 0.4) is 0 Å². The molecule has 0 bridgehead atoms. The standard InChI is InChI=1S/C63H94O27/c1-29-51(87-44-25-37(78-8)52(30(2)81-44)88-58-50(73)55(79-9)53(31(3)82-58)89-57-49(72)47(70)54(39(28-65)85-57)90-56-48(71)46(69)45(68)38(27-64)84-56)36(77-7)24-43(80-29)83-35-18-19-59(5)34(23-35)17-20-62(75)40(59)26-41(86-42(67)16-15-33-13-11-10-12-14-33)60(6)61(74,32(4)66)21-22-63(60,62)76/h10-17,29-31,35-41,43-58,64-65,68-76H,18-28H2,1-9H3/b16-15+/t29-,30-,31-,35+,36+,37+,38-,39-,40+,41-,43+,44+,45-,46+,47-,48-,49-,50-,51-,52-,53-,54-,55-,56+,57+,58+,59+,60-,61-,62+,63-/m1/s1. The van der Waals surface area contributed by atoms with Crippen molar-refractivity contribution in [2.45, 2.75) is 270 Å². The number of hydrogen-bond acceptors (Lipinski definition) is 27. The lowest BCUT2D eigenvalue weighted by molar-refractivity contribution is -0.385. The number of Topliss-reactive ketones (excluding diaryl/α,β-unsaturated/α-hetero) is 1. The number of methoxy groups -OCH3 is 3. The van der Waals surface area contributed by atoms with Crippen LogP contribution in [0.1, 0.15) is 105 Å². The van der Waals surface area contributed by atoms with Crippen molar-refractivity contribution in [3.8, 4) is 0 Å². The Balaban J connectivity index is 0.736. The third kappa shape index (κ3) is 12.4. The number of ether oxygens (including phenoxy) is 14. The van der Waals surface area contributed by atoms with Crippen molar-refractivity contribution in [1.29, 1.82) is 0 Å². The Bertz CT molecular complexity index is 2670. The summed E-state index contributed by atoms with van der Waals surface area (Å²) in [6, 6.07) is 9.20. The molecule has 31 atom stereocenters. The first-order chi connectivity index (χ1) is 42.6. The maximum absolute atomic E-state index is 13.7. The number of rotatable bonds is 19. The molecule has 90 heavy (non-hydrogen) atoms. The minimum Gasteiger partial charge on any atom is -0.458 e. The summed E-state index contributed by atoms with van der Waals surface area (Å²) in [5.74, 6) is -1.91. The summed E-state index contributed by atoms with van der Waals surface area (Å²) in [7, 11) is 4.40. The highest BCUT2D eigenvalue weighted by atomic mass is 16.8. The van der Waals surface area contributed by atoms with Crippen LogP contribution in [-0.4, -0.2) is 273 Å². The van der Waals surface area contributed by atoms with Gasteiger partial charge in [0.2, 0.25) is 0 Å². The SMILES string of the molecule is CO[C@@H]1[C@@H](O)[C@H](O[C@H]2[C@@H](OC)C[C@H](O[C@H]3[C@@H](OC)C[C@H](O[C@H]4CC[C@@]5(C)C(=CC[C@]6(O)[C@H]5C[C@@H](OC(=O)/C=C/c5ccccc5)[C@@]5(C)[C@]6(O)CC[C@@]5(O)C(C)=O)C4)O[C@@H]3C)O[C@@H]2C)O[C@H](C)[C@H]1O[C@@H]1O[C@H](CO)[C@@H](O[C@@H]2O[C@H](CO)[C@@H](O)[C@H](O)[C@H]2O)[C@H](O)[C@H]1O. The Hall–Kier alpha value is -3.12. The fraction of sp³-hybridized carbons (Fsp3) is 0.810. The molecule has 0 radical (unpaired) electrons. The van der Waals surface area contributed by atoms with Gasteiger partial charge in [-0.25, -0.2) is 4.79 Å². The van der Waals surface area contributed by atoms with Crippen molar-refractivity contribution >= 4 is 17.8 Å². The van der Waals surface area contributed by atoms with Gasteiger partial charge in [0.25, 0.3) is 0 Å². The summed E-state index contributed by atoms with van der Waals surface area (Å²) in [5, 5.41) is 123. The van der Waals surface area contributed by atoms with Gasteiger partial charge < -0.3 is 122 Å². The van der Waals surface area contributed by atoms with Crippen molar-refractivity contribution in [3.63, 3.8) is 0 Å². The normalized spacial score (nSPS) is 49.7. The molecule has 0 amide bonds. The summed E-state index contributed by atoms with van der Waals surface area (Å²) in [5.41, 5.74) is -6.54. The van der Waals surface area contributed by atoms with E-state index in [0.717, 1.165) is 11.1 Å². The molecule has 9 aliphatic rings. The highest BCUT2D eigenvalue weighted by Crippen LogP contribution is 2.71. The first kappa shape index (κ1) is 69.7. The van der Waals surface area contributed by atoms with Crippen LogP contribution in [0.4, 0.5) is 0 Å². The van der Waals surface area contributed by atoms with Crippen LogP contribution in [0, 0.1) is 16.7 Å². The van der Waals surface area contributed by atoms with Gasteiger partial charge in [-0.1, -0.05) is 48.9 Å². The second-order valence-electron chi connectivity index (χ2n) is 26.5. The zero-order chi connectivity index (χ0) is 65.2. The molecule has 1 aromatic rings. The van der Waals surface area contributed by atoms with Gasteiger partial charge in [0.15, 0.2) is 37.2 Å². The maximum atomic E-state index is 13.7. The number of aliphatic hydroxyl groups is 11. The van der Waals surface area contributed by atoms with Crippen LogP contribution in [0.5, 0.6) is 0 Å². The second-order valence-corrected chi connectivity index (χ2v) is 26.5. The van der Waals surface area contributed by atoms with Gasteiger partial charge in [0.05, 0.1) is 55.3 Å². The third-order valence-electron chi connectivity index (χ3n) is 21.7. The molecule has 508 valence electrons. The number of fused-ring (bicyclic) bond motifs is 5. The summed E-state index contributed by atoms with van der Waals surface area (Å²) in [6.45, 7) is 8.56. The van der Waals surface area contributed by atoms with Crippen LogP contribution in [-0.2, 0) is 75.9 Å². The van der Waals surface area contributed by atoms with E-state index in [1.807, 2.05) is 43.3 Å². The number of carbonyl (C=O) groups is 2. The summed E-state index contributed by atoms with van der Waals surface area (Å²) < 4.78 is 86.0. The molecule has 0 unspecified atom stereocenters. The van der Waals surface area contributed by atoms with Crippen molar-refractivity contribution in [2.24, 2.45) is 16.7 Å². The van der Waals surface area contributed by atoms with Gasteiger partial charge in [-0.3, -0.25) is 4.79 Å². The molecule has 0 spiro atoms. The van der Waals surface area contributed by atoms with Crippen molar-refractivity contribution in [2.75, 3.05) is 34.5 Å². The first-order valence-electron chi connectivity index (χ1n) is 31.4. The number of ketones is 1. The number of hydrogen-bond donors (Lipinski definition) is 11. The van der Waals surface area contributed by atoms with E-state index in [-0.39, 0.29) is 38.2 Å². The molecular formula is C63H94O27. The highest BCUT2D eigenvalue weighted by molar-refractivity contribution is 5.89. The average molecular weight is 1280 g/mol. The van der Waals surface area contributed by atoms with Gasteiger partial charge in [-0.15, -0.1) is 0 Å². The van der Waals surface area contributed by atoms with Crippen LogP contribution >= 0.6 is 0 Å². The first-order valence-corrected chi connectivity index (χ1v) is 31.4. The predicted octanol–water partition coefficient (Wildman–Crippen LogP) is -0.680. The van der Waals surface area contributed by atoms with Gasteiger partial charge in [-0.2, -0.15) is 0 Å². The number of benzene rings is 1. The lowest BCUT2D eigenvalue weighted by Crippen LogP contribution is -2.78. The molecule has 10 rings (SSSR count).